The van der Waals surface area contributed by atoms with E-state index in [9.17, 15) is 19.2 Å². The van der Waals surface area contributed by atoms with Crippen molar-refractivity contribution in [1.29, 1.82) is 0 Å². The van der Waals surface area contributed by atoms with Crippen molar-refractivity contribution in [3.05, 3.63) is 29.3 Å². The summed E-state index contributed by atoms with van der Waals surface area (Å²) >= 11 is 1.01. The molecule has 0 bridgehead atoms. The standard InChI is InChI=1S/C19H21N3O4S/c1-11-3-4-14(5-12(11)2)21-7-13(6-16(21)23)18(25)20-8-15(9-20)22-17(24)10-27-19(22)26/h3-5,13,15H,6-10H2,1-2H3. The fourth-order valence-corrected chi connectivity index (χ4v) is 4.57. The van der Waals surface area contributed by atoms with Crippen molar-refractivity contribution in [2.75, 3.05) is 30.3 Å². The molecule has 0 aromatic heterocycles. The van der Waals surface area contributed by atoms with Crippen molar-refractivity contribution in [3.8, 4) is 0 Å². The summed E-state index contributed by atoms with van der Waals surface area (Å²) in [5.41, 5.74) is 3.09. The molecule has 8 heteroatoms. The average Bonchev–Trinajstić information content (AvgIpc) is 3.13. The molecule has 3 aliphatic heterocycles. The van der Waals surface area contributed by atoms with Crippen LogP contribution in [0.2, 0.25) is 0 Å². The van der Waals surface area contributed by atoms with Crippen molar-refractivity contribution >= 4 is 40.4 Å². The van der Waals surface area contributed by atoms with Crippen LogP contribution in [0.1, 0.15) is 17.5 Å². The van der Waals surface area contributed by atoms with Gasteiger partial charge in [-0.25, -0.2) is 0 Å². The monoisotopic (exact) mass is 387 g/mol. The zero-order valence-corrected chi connectivity index (χ0v) is 16.1. The Hall–Kier alpha value is -2.35. The first-order valence-electron chi connectivity index (χ1n) is 9.00. The highest BCUT2D eigenvalue weighted by Crippen LogP contribution is 2.31. The number of hydrogen-bond acceptors (Lipinski definition) is 5. The number of nitrogens with zero attached hydrogens (tertiary/aromatic N) is 3. The Balaban J connectivity index is 1.38. The second kappa shape index (κ2) is 6.67. The number of benzene rings is 1. The van der Waals surface area contributed by atoms with E-state index in [0.29, 0.717) is 19.6 Å². The minimum Gasteiger partial charge on any atom is -0.338 e. The maximum Gasteiger partial charge on any atom is 0.289 e. The van der Waals surface area contributed by atoms with Crippen LogP contribution in [-0.2, 0) is 14.4 Å². The lowest BCUT2D eigenvalue weighted by atomic mass is 10.0. The van der Waals surface area contributed by atoms with Gasteiger partial charge in [-0.2, -0.15) is 0 Å². The first-order valence-corrected chi connectivity index (χ1v) is 9.99. The highest BCUT2D eigenvalue weighted by atomic mass is 32.2. The van der Waals surface area contributed by atoms with Crippen LogP contribution in [0.3, 0.4) is 0 Å². The zero-order valence-electron chi connectivity index (χ0n) is 15.3. The molecule has 7 nitrogen and oxygen atoms in total. The highest BCUT2D eigenvalue weighted by molar-refractivity contribution is 8.14. The molecule has 1 aromatic carbocycles. The molecule has 3 aliphatic rings. The number of carbonyl (C=O) groups excluding carboxylic acids is 4. The molecule has 1 unspecified atom stereocenters. The van der Waals surface area contributed by atoms with Crippen molar-refractivity contribution < 1.29 is 19.2 Å². The fourth-order valence-electron chi connectivity index (χ4n) is 3.79. The van der Waals surface area contributed by atoms with Crippen molar-refractivity contribution in [2.45, 2.75) is 26.3 Å². The lowest BCUT2D eigenvalue weighted by molar-refractivity contribution is -0.145. The number of imide groups is 1. The van der Waals surface area contributed by atoms with Crippen LogP contribution in [0.4, 0.5) is 10.5 Å². The first kappa shape index (κ1) is 18.0. The van der Waals surface area contributed by atoms with Crippen LogP contribution in [0.15, 0.2) is 18.2 Å². The van der Waals surface area contributed by atoms with E-state index in [4.69, 9.17) is 0 Å². The average molecular weight is 387 g/mol. The number of carbonyl (C=O) groups is 4. The van der Waals surface area contributed by atoms with E-state index in [0.717, 1.165) is 28.6 Å². The first-order chi connectivity index (χ1) is 12.8. The minimum absolute atomic E-state index is 0.0463. The Morgan fingerprint density at radius 1 is 1.04 bits per heavy atom. The molecule has 0 N–H and O–H groups in total. The number of anilines is 1. The maximum atomic E-state index is 12.7. The molecule has 0 aliphatic carbocycles. The molecule has 3 heterocycles. The quantitative estimate of drug-likeness (QED) is 0.787. The predicted octanol–water partition coefficient (Wildman–Crippen LogP) is 1.56. The third-order valence-electron chi connectivity index (χ3n) is 5.60. The molecule has 27 heavy (non-hydrogen) atoms. The molecule has 1 aromatic rings. The number of amides is 4. The van der Waals surface area contributed by atoms with Crippen LogP contribution in [0.5, 0.6) is 0 Å². The van der Waals surface area contributed by atoms with E-state index in [1.54, 1.807) is 9.80 Å². The summed E-state index contributed by atoms with van der Waals surface area (Å²) in [5, 5.41) is -0.228. The molecule has 3 saturated heterocycles. The lowest BCUT2D eigenvalue weighted by Crippen LogP contribution is -2.63. The Morgan fingerprint density at radius 2 is 1.78 bits per heavy atom. The molecule has 0 radical (unpaired) electrons. The smallest absolute Gasteiger partial charge is 0.289 e. The molecular weight excluding hydrogens is 366 g/mol. The highest BCUT2D eigenvalue weighted by Gasteiger charge is 2.46. The Kier molecular flexibility index (Phi) is 4.46. The van der Waals surface area contributed by atoms with Gasteiger partial charge in [0.2, 0.25) is 17.7 Å². The molecule has 4 rings (SSSR count). The number of aryl methyl sites for hydroxylation is 2. The van der Waals surface area contributed by atoms with Crippen LogP contribution in [0.25, 0.3) is 0 Å². The predicted molar refractivity (Wildman–Crippen MR) is 101 cm³/mol. The van der Waals surface area contributed by atoms with Crippen LogP contribution in [0, 0.1) is 19.8 Å². The van der Waals surface area contributed by atoms with E-state index in [1.807, 2.05) is 32.0 Å². The summed E-state index contributed by atoms with van der Waals surface area (Å²) in [7, 11) is 0. The molecule has 0 spiro atoms. The van der Waals surface area contributed by atoms with Crippen LogP contribution in [-0.4, -0.2) is 64.2 Å². The largest absolute Gasteiger partial charge is 0.338 e. The number of hydrogen-bond donors (Lipinski definition) is 0. The van der Waals surface area contributed by atoms with Crippen LogP contribution < -0.4 is 4.90 Å². The molecule has 1 atom stereocenters. The SMILES string of the molecule is Cc1ccc(N2CC(C(=O)N3CC(N4C(=O)CSC4=O)C3)CC2=O)cc1C. The van der Waals surface area contributed by atoms with Crippen molar-refractivity contribution in [1.82, 2.24) is 9.80 Å². The molecule has 0 saturated carbocycles. The number of thioether (sulfide) groups is 1. The molecule has 4 amide bonds. The van der Waals surface area contributed by atoms with E-state index in [-0.39, 0.29) is 47.1 Å². The third kappa shape index (κ3) is 3.12. The van der Waals surface area contributed by atoms with Gasteiger partial charge in [-0.05, 0) is 37.1 Å². The van der Waals surface area contributed by atoms with Gasteiger partial charge in [0.05, 0.1) is 17.7 Å². The second-order valence-corrected chi connectivity index (χ2v) is 8.32. The second-order valence-electron chi connectivity index (χ2n) is 7.39. The normalized spacial score (nSPS) is 23.4. The lowest BCUT2D eigenvalue weighted by Gasteiger charge is -2.43. The number of rotatable bonds is 3. The van der Waals surface area contributed by atoms with Gasteiger partial charge in [0.25, 0.3) is 5.24 Å². The van der Waals surface area contributed by atoms with Gasteiger partial charge in [0.1, 0.15) is 0 Å². The summed E-state index contributed by atoms with van der Waals surface area (Å²) in [6.45, 7) is 5.13. The topological polar surface area (TPSA) is 78.0 Å². The van der Waals surface area contributed by atoms with Gasteiger partial charge in [-0.1, -0.05) is 17.8 Å². The Morgan fingerprint density at radius 3 is 2.41 bits per heavy atom. The Labute approximate surface area is 161 Å². The van der Waals surface area contributed by atoms with Crippen LogP contribution >= 0.6 is 11.8 Å². The summed E-state index contributed by atoms with van der Waals surface area (Å²) in [6, 6.07) is 5.64. The summed E-state index contributed by atoms with van der Waals surface area (Å²) in [4.78, 5) is 53.3. The Bertz CT molecular complexity index is 833. The van der Waals surface area contributed by atoms with Crippen molar-refractivity contribution in [3.63, 3.8) is 0 Å². The fraction of sp³-hybridized carbons (Fsp3) is 0.474. The molecule has 3 fully saturated rings. The minimum atomic E-state index is -0.376. The van der Waals surface area contributed by atoms with E-state index < -0.39 is 0 Å². The van der Waals surface area contributed by atoms with Gasteiger partial charge >= 0.3 is 0 Å². The van der Waals surface area contributed by atoms with Gasteiger partial charge < -0.3 is 9.80 Å². The summed E-state index contributed by atoms with van der Waals surface area (Å²) in [6.07, 6.45) is 0.199. The van der Waals surface area contributed by atoms with Gasteiger partial charge in [0.15, 0.2) is 0 Å². The van der Waals surface area contributed by atoms with E-state index >= 15 is 0 Å². The van der Waals surface area contributed by atoms with Gasteiger partial charge in [-0.15, -0.1) is 0 Å². The maximum absolute atomic E-state index is 12.7. The van der Waals surface area contributed by atoms with Gasteiger partial charge in [0, 0.05) is 31.7 Å². The van der Waals surface area contributed by atoms with Gasteiger partial charge in [-0.3, -0.25) is 24.1 Å². The third-order valence-corrected chi connectivity index (χ3v) is 6.43. The van der Waals surface area contributed by atoms with E-state index in [2.05, 4.69) is 0 Å². The molecule has 142 valence electrons. The summed E-state index contributed by atoms with van der Waals surface area (Å²) in [5.74, 6) is -0.489. The van der Waals surface area contributed by atoms with E-state index in [1.165, 1.54) is 4.90 Å². The number of likely N-dealkylation sites (tertiary alicyclic amines) is 1. The summed E-state index contributed by atoms with van der Waals surface area (Å²) < 4.78 is 0. The zero-order chi connectivity index (χ0) is 19.3. The molecular formula is C19H21N3O4S. The van der Waals surface area contributed by atoms with Crippen molar-refractivity contribution in [2.24, 2.45) is 5.92 Å².